The van der Waals surface area contributed by atoms with Gasteiger partial charge >= 0.3 is 0 Å². The Bertz CT molecular complexity index is 106. The molecule has 0 saturated carbocycles. The summed E-state index contributed by atoms with van der Waals surface area (Å²) in [7, 11) is 2.25. The Balaban J connectivity index is 2.05. The smallest absolute Gasteiger partial charge is 0.0183 e. The third-order valence-corrected chi connectivity index (χ3v) is 3.65. The summed E-state index contributed by atoms with van der Waals surface area (Å²) in [4.78, 5) is 2.50. The molecule has 0 unspecified atom stereocenters. The first-order valence-electron chi connectivity index (χ1n) is 4.62. The van der Waals surface area contributed by atoms with E-state index in [2.05, 4.69) is 30.6 Å². The van der Waals surface area contributed by atoms with Gasteiger partial charge in [-0.05, 0) is 38.6 Å². The van der Waals surface area contributed by atoms with E-state index in [9.17, 15) is 0 Å². The average Bonchev–Trinajstić information content (AvgIpc) is 2.37. The van der Waals surface area contributed by atoms with Crippen LogP contribution in [0.2, 0.25) is 0 Å². The lowest BCUT2D eigenvalue weighted by Gasteiger charge is -2.18. The van der Waals surface area contributed by atoms with Crippen molar-refractivity contribution in [3.05, 3.63) is 0 Å². The molecule has 2 heteroatoms. The third-order valence-electron chi connectivity index (χ3n) is 2.33. The Morgan fingerprint density at radius 3 is 2.91 bits per heavy atom. The number of likely N-dealkylation sites (tertiary alicyclic amines) is 1. The first-order chi connectivity index (χ1) is 5.34. The van der Waals surface area contributed by atoms with Crippen LogP contribution in [-0.4, -0.2) is 36.0 Å². The van der Waals surface area contributed by atoms with Crippen molar-refractivity contribution in [1.29, 1.82) is 0 Å². The SMILES string of the molecule is CCCSC[C@H]1CCCN1C. The van der Waals surface area contributed by atoms with Crippen molar-refractivity contribution >= 4 is 11.8 Å². The highest BCUT2D eigenvalue weighted by atomic mass is 32.2. The van der Waals surface area contributed by atoms with Crippen LogP contribution in [0.5, 0.6) is 0 Å². The predicted octanol–water partition coefficient (Wildman–Crippen LogP) is 2.22. The third kappa shape index (κ3) is 3.04. The number of thioether (sulfide) groups is 1. The molecule has 0 aliphatic carbocycles. The fourth-order valence-corrected chi connectivity index (χ4v) is 2.70. The quantitative estimate of drug-likeness (QED) is 0.600. The first kappa shape index (κ1) is 9.40. The lowest BCUT2D eigenvalue weighted by molar-refractivity contribution is 0.335. The molecule has 0 amide bonds. The molecule has 66 valence electrons. The van der Waals surface area contributed by atoms with Crippen molar-refractivity contribution in [1.82, 2.24) is 4.90 Å². The van der Waals surface area contributed by atoms with Crippen LogP contribution in [0, 0.1) is 0 Å². The average molecular weight is 173 g/mol. The van der Waals surface area contributed by atoms with Crippen LogP contribution in [0.1, 0.15) is 26.2 Å². The van der Waals surface area contributed by atoms with E-state index >= 15 is 0 Å². The Labute approximate surface area is 74.5 Å². The summed E-state index contributed by atoms with van der Waals surface area (Å²) >= 11 is 2.11. The standard InChI is InChI=1S/C9H19NS/c1-3-7-11-8-9-5-4-6-10(9)2/h9H,3-8H2,1-2H3/t9-/m1/s1. The van der Waals surface area contributed by atoms with E-state index in [4.69, 9.17) is 0 Å². The van der Waals surface area contributed by atoms with E-state index in [0.29, 0.717) is 0 Å². The fraction of sp³-hybridized carbons (Fsp3) is 1.00. The van der Waals surface area contributed by atoms with Crippen LogP contribution in [0.4, 0.5) is 0 Å². The van der Waals surface area contributed by atoms with E-state index in [1.807, 2.05) is 0 Å². The van der Waals surface area contributed by atoms with E-state index in [1.54, 1.807) is 0 Å². The topological polar surface area (TPSA) is 3.24 Å². The molecule has 0 bridgehead atoms. The van der Waals surface area contributed by atoms with Gasteiger partial charge in [0, 0.05) is 11.8 Å². The van der Waals surface area contributed by atoms with Crippen LogP contribution in [-0.2, 0) is 0 Å². The highest BCUT2D eigenvalue weighted by Crippen LogP contribution is 2.19. The molecule has 0 aromatic rings. The monoisotopic (exact) mass is 173 g/mol. The molecule has 1 heterocycles. The summed E-state index contributed by atoms with van der Waals surface area (Å²) in [5.74, 6) is 2.69. The lowest BCUT2D eigenvalue weighted by Crippen LogP contribution is -2.26. The van der Waals surface area contributed by atoms with Gasteiger partial charge in [0.1, 0.15) is 0 Å². The largest absolute Gasteiger partial charge is 0.303 e. The van der Waals surface area contributed by atoms with Gasteiger partial charge in [0.15, 0.2) is 0 Å². The van der Waals surface area contributed by atoms with Crippen molar-refractivity contribution in [2.24, 2.45) is 0 Å². The minimum absolute atomic E-state index is 0.881. The minimum atomic E-state index is 0.881. The Kier molecular flexibility index (Phi) is 4.31. The van der Waals surface area contributed by atoms with E-state index in [-0.39, 0.29) is 0 Å². The summed E-state index contributed by atoms with van der Waals surface area (Å²) in [6.45, 7) is 3.57. The summed E-state index contributed by atoms with van der Waals surface area (Å²) < 4.78 is 0. The van der Waals surface area contributed by atoms with Gasteiger partial charge in [-0.2, -0.15) is 11.8 Å². The molecule has 1 saturated heterocycles. The molecule has 0 aromatic carbocycles. The van der Waals surface area contributed by atoms with Crippen molar-refractivity contribution in [2.45, 2.75) is 32.2 Å². The second-order valence-electron chi connectivity index (χ2n) is 3.35. The van der Waals surface area contributed by atoms with E-state index < -0.39 is 0 Å². The van der Waals surface area contributed by atoms with E-state index in [0.717, 1.165) is 6.04 Å². The molecule has 0 spiro atoms. The molecule has 0 aromatic heterocycles. The molecule has 11 heavy (non-hydrogen) atoms. The lowest BCUT2D eigenvalue weighted by atomic mass is 10.2. The van der Waals surface area contributed by atoms with Crippen LogP contribution in [0.25, 0.3) is 0 Å². The Morgan fingerprint density at radius 1 is 1.55 bits per heavy atom. The van der Waals surface area contributed by atoms with Crippen LogP contribution in [0.3, 0.4) is 0 Å². The number of nitrogens with zero attached hydrogens (tertiary/aromatic N) is 1. The maximum Gasteiger partial charge on any atom is 0.0183 e. The summed E-state index contributed by atoms with van der Waals surface area (Å²) in [5, 5.41) is 0. The normalized spacial score (nSPS) is 26.2. The molecule has 1 aliphatic rings. The van der Waals surface area contributed by atoms with Crippen LogP contribution in [0.15, 0.2) is 0 Å². The predicted molar refractivity (Wildman–Crippen MR) is 53.3 cm³/mol. The molecule has 1 nitrogen and oxygen atoms in total. The van der Waals surface area contributed by atoms with Gasteiger partial charge in [-0.25, -0.2) is 0 Å². The van der Waals surface area contributed by atoms with Crippen molar-refractivity contribution in [3.63, 3.8) is 0 Å². The van der Waals surface area contributed by atoms with Crippen molar-refractivity contribution < 1.29 is 0 Å². The second kappa shape index (κ2) is 5.04. The zero-order valence-corrected chi connectivity index (χ0v) is 8.49. The Morgan fingerprint density at radius 2 is 2.36 bits per heavy atom. The number of rotatable bonds is 4. The molecule has 0 radical (unpaired) electrons. The summed E-state index contributed by atoms with van der Waals surface area (Å²) in [6.07, 6.45) is 4.15. The molecule has 1 fully saturated rings. The van der Waals surface area contributed by atoms with Crippen LogP contribution >= 0.6 is 11.8 Å². The van der Waals surface area contributed by atoms with Gasteiger partial charge in [-0.15, -0.1) is 0 Å². The molecule has 0 N–H and O–H groups in total. The van der Waals surface area contributed by atoms with Gasteiger partial charge in [0.05, 0.1) is 0 Å². The van der Waals surface area contributed by atoms with Gasteiger partial charge < -0.3 is 4.90 Å². The van der Waals surface area contributed by atoms with Crippen molar-refractivity contribution in [2.75, 3.05) is 25.1 Å². The maximum absolute atomic E-state index is 2.50. The zero-order valence-electron chi connectivity index (χ0n) is 7.68. The summed E-state index contributed by atoms with van der Waals surface area (Å²) in [5.41, 5.74) is 0. The summed E-state index contributed by atoms with van der Waals surface area (Å²) in [6, 6.07) is 0.881. The fourth-order valence-electron chi connectivity index (χ4n) is 1.55. The first-order valence-corrected chi connectivity index (χ1v) is 5.78. The van der Waals surface area contributed by atoms with Gasteiger partial charge in [-0.1, -0.05) is 6.92 Å². The molecule has 1 atom stereocenters. The second-order valence-corrected chi connectivity index (χ2v) is 4.50. The van der Waals surface area contributed by atoms with Crippen molar-refractivity contribution in [3.8, 4) is 0 Å². The molecule has 1 aliphatic heterocycles. The highest BCUT2D eigenvalue weighted by Gasteiger charge is 2.19. The zero-order chi connectivity index (χ0) is 8.10. The van der Waals surface area contributed by atoms with E-state index in [1.165, 1.54) is 37.3 Å². The number of hydrogen-bond acceptors (Lipinski definition) is 2. The van der Waals surface area contributed by atoms with Gasteiger partial charge in [0.25, 0.3) is 0 Å². The Hall–Kier alpha value is 0.310. The number of hydrogen-bond donors (Lipinski definition) is 0. The van der Waals surface area contributed by atoms with Crippen LogP contribution < -0.4 is 0 Å². The molecular formula is C9H19NS. The van der Waals surface area contributed by atoms with Gasteiger partial charge in [0.2, 0.25) is 0 Å². The maximum atomic E-state index is 2.50. The highest BCUT2D eigenvalue weighted by molar-refractivity contribution is 7.99. The molecular weight excluding hydrogens is 154 g/mol. The van der Waals surface area contributed by atoms with Gasteiger partial charge in [-0.3, -0.25) is 0 Å². The molecule has 1 rings (SSSR count). The minimum Gasteiger partial charge on any atom is -0.303 e.